The molecule has 0 aliphatic heterocycles. The van der Waals surface area contributed by atoms with Gasteiger partial charge in [0.15, 0.2) is 0 Å². The van der Waals surface area contributed by atoms with E-state index in [2.05, 4.69) is 198 Å². The summed E-state index contributed by atoms with van der Waals surface area (Å²) in [6.45, 7) is 13.2. The third-order valence-corrected chi connectivity index (χ3v) is 11.3. The second-order valence-corrected chi connectivity index (χ2v) is 17.3. The highest BCUT2D eigenvalue weighted by molar-refractivity contribution is 6.04. The van der Waals surface area contributed by atoms with Crippen molar-refractivity contribution in [1.29, 1.82) is 0 Å². The zero-order valence-corrected chi connectivity index (χ0v) is 34.0. The Balaban J connectivity index is 1.35. The fourth-order valence-electron chi connectivity index (χ4n) is 8.16. The zero-order chi connectivity index (χ0) is 40.2. The molecular formula is C54H47N3O. The number of hydrogen-bond donors (Lipinski definition) is 1. The van der Waals surface area contributed by atoms with E-state index in [0.29, 0.717) is 11.4 Å². The molecule has 58 heavy (non-hydrogen) atoms. The van der Waals surface area contributed by atoms with Crippen molar-refractivity contribution < 1.29 is 5.11 Å². The summed E-state index contributed by atoms with van der Waals surface area (Å²) in [6.07, 6.45) is 1.90. The zero-order valence-electron chi connectivity index (χ0n) is 34.0. The normalized spacial score (nSPS) is 12.0. The van der Waals surface area contributed by atoms with Gasteiger partial charge < -0.3 is 5.11 Å². The second kappa shape index (κ2) is 14.3. The maximum Gasteiger partial charge on any atom is 0.149 e. The fraction of sp³-hybridized carbons (Fsp3) is 0.148. The van der Waals surface area contributed by atoms with E-state index in [9.17, 15) is 5.11 Å². The summed E-state index contributed by atoms with van der Waals surface area (Å²) >= 11 is 0. The first kappa shape index (κ1) is 36.8. The molecule has 0 aliphatic rings. The highest BCUT2D eigenvalue weighted by Crippen LogP contribution is 2.46. The average Bonchev–Trinajstić information content (AvgIpc) is 3.62. The number of benzene rings is 7. The Morgan fingerprint density at radius 2 is 1.17 bits per heavy atom. The number of fused-ring (bicyclic) bond motifs is 2. The number of rotatable bonds is 6. The van der Waals surface area contributed by atoms with Crippen LogP contribution in [0.5, 0.6) is 5.75 Å². The first-order valence-electron chi connectivity index (χ1n) is 20.1. The monoisotopic (exact) mass is 753 g/mol. The molecule has 9 aromatic rings. The quantitative estimate of drug-likeness (QED) is 0.184. The highest BCUT2D eigenvalue weighted by atomic mass is 16.3. The summed E-state index contributed by atoms with van der Waals surface area (Å²) in [4.78, 5) is 10.5. The van der Waals surface area contributed by atoms with Crippen LogP contribution in [0.25, 0.3) is 83.5 Å². The van der Waals surface area contributed by atoms with Gasteiger partial charge in [0.05, 0.1) is 28.0 Å². The molecule has 0 radical (unpaired) electrons. The summed E-state index contributed by atoms with van der Waals surface area (Å²) in [6, 6.07) is 57.5. The SMILES string of the molecule is CC(C)(C)c1cc(-c2nc3c(-c4cc(-c5cc(-c6ccccc6)ccn5)c5ccccc5c4)cccc3n2-c2ccccc2-c2ccccc2)c(O)c(C(C)(C)C)c1. The van der Waals surface area contributed by atoms with E-state index in [1.165, 1.54) is 0 Å². The van der Waals surface area contributed by atoms with E-state index in [-0.39, 0.29) is 16.6 Å². The van der Waals surface area contributed by atoms with E-state index in [1.54, 1.807) is 0 Å². The van der Waals surface area contributed by atoms with Crippen molar-refractivity contribution >= 4 is 21.8 Å². The Labute approximate surface area is 341 Å². The van der Waals surface area contributed by atoms with Crippen molar-refractivity contribution in [3.05, 3.63) is 181 Å². The van der Waals surface area contributed by atoms with E-state index in [0.717, 1.165) is 83.3 Å². The minimum atomic E-state index is -0.308. The predicted octanol–water partition coefficient (Wildman–Crippen LogP) is 14.2. The van der Waals surface area contributed by atoms with Crippen LogP contribution in [0.2, 0.25) is 0 Å². The van der Waals surface area contributed by atoms with Gasteiger partial charge in [0.1, 0.15) is 11.6 Å². The van der Waals surface area contributed by atoms with E-state index >= 15 is 0 Å². The van der Waals surface area contributed by atoms with Crippen LogP contribution < -0.4 is 0 Å². The number of phenols is 1. The van der Waals surface area contributed by atoms with Gasteiger partial charge in [0, 0.05) is 28.5 Å². The molecule has 0 saturated heterocycles. The molecule has 0 amide bonds. The first-order valence-corrected chi connectivity index (χ1v) is 20.1. The minimum absolute atomic E-state index is 0.167. The van der Waals surface area contributed by atoms with E-state index in [1.807, 2.05) is 18.3 Å². The maximum atomic E-state index is 12.4. The molecule has 7 aromatic carbocycles. The molecule has 2 aromatic heterocycles. The van der Waals surface area contributed by atoms with Gasteiger partial charge >= 0.3 is 0 Å². The smallest absolute Gasteiger partial charge is 0.149 e. The van der Waals surface area contributed by atoms with Crippen molar-refractivity contribution in [3.8, 4) is 67.5 Å². The topological polar surface area (TPSA) is 50.9 Å². The van der Waals surface area contributed by atoms with Crippen LogP contribution in [0, 0.1) is 0 Å². The van der Waals surface area contributed by atoms with Gasteiger partial charge in [0.2, 0.25) is 0 Å². The lowest BCUT2D eigenvalue weighted by Gasteiger charge is -2.27. The Hall–Kier alpha value is -6.78. The lowest BCUT2D eigenvalue weighted by molar-refractivity contribution is 0.446. The van der Waals surface area contributed by atoms with Crippen molar-refractivity contribution in [2.24, 2.45) is 0 Å². The molecule has 4 nitrogen and oxygen atoms in total. The number of hydrogen-bond acceptors (Lipinski definition) is 3. The van der Waals surface area contributed by atoms with Crippen molar-refractivity contribution in [2.45, 2.75) is 52.4 Å². The van der Waals surface area contributed by atoms with Crippen molar-refractivity contribution in [1.82, 2.24) is 14.5 Å². The minimum Gasteiger partial charge on any atom is -0.507 e. The molecular weight excluding hydrogens is 707 g/mol. The molecule has 0 atom stereocenters. The van der Waals surface area contributed by atoms with Gasteiger partial charge in [-0.05, 0) is 91.9 Å². The molecule has 1 N–H and O–H groups in total. The number of imidazole rings is 1. The number of para-hydroxylation sites is 2. The molecule has 0 spiro atoms. The van der Waals surface area contributed by atoms with Crippen molar-refractivity contribution in [2.75, 3.05) is 0 Å². The molecule has 9 rings (SSSR count). The number of phenolic OH excluding ortho intramolecular Hbond substituents is 1. The van der Waals surface area contributed by atoms with Crippen LogP contribution in [0.1, 0.15) is 52.7 Å². The number of pyridine rings is 1. The van der Waals surface area contributed by atoms with Crippen LogP contribution in [0.15, 0.2) is 170 Å². The van der Waals surface area contributed by atoms with Gasteiger partial charge in [-0.25, -0.2) is 4.98 Å². The van der Waals surface area contributed by atoms with Crippen molar-refractivity contribution in [3.63, 3.8) is 0 Å². The molecule has 284 valence electrons. The Kier molecular flexibility index (Phi) is 9.09. The molecule has 0 saturated carbocycles. The van der Waals surface area contributed by atoms with E-state index < -0.39 is 0 Å². The summed E-state index contributed by atoms with van der Waals surface area (Å²) in [5, 5.41) is 14.6. The molecule has 2 heterocycles. The Morgan fingerprint density at radius 3 is 1.91 bits per heavy atom. The van der Waals surface area contributed by atoms with Gasteiger partial charge in [-0.3, -0.25) is 9.55 Å². The first-order chi connectivity index (χ1) is 28.0. The Bertz CT molecular complexity index is 2960. The van der Waals surface area contributed by atoms with Gasteiger partial charge in [-0.1, -0.05) is 163 Å². The maximum absolute atomic E-state index is 12.4. The largest absolute Gasteiger partial charge is 0.507 e. The summed E-state index contributed by atoms with van der Waals surface area (Å²) < 4.78 is 2.25. The summed E-state index contributed by atoms with van der Waals surface area (Å²) in [5.41, 5.74) is 13.5. The molecule has 0 unspecified atom stereocenters. The van der Waals surface area contributed by atoms with Gasteiger partial charge in [-0.2, -0.15) is 0 Å². The fourth-order valence-corrected chi connectivity index (χ4v) is 8.16. The molecule has 4 heteroatoms. The molecule has 0 fully saturated rings. The highest BCUT2D eigenvalue weighted by Gasteiger charge is 2.29. The van der Waals surface area contributed by atoms with Crippen LogP contribution in [-0.4, -0.2) is 19.6 Å². The van der Waals surface area contributed by atoms with Gasteiger partial charge in [0.25, 0.3) is 0 Å². The number of nitrogens with zero attached hydrogens (tertiary/aromatic N) is 3. The molecule has 0 bridgehead atoms. The average molecular weight is 754 g/mol. The second-order valence-electron chi connectivity index (χ2n) is 17.3. The predicted molar refractivity (Wildman–Crippen MR) is 243 cm³/mol. The van der Waals surface area contributed by atoms with Crippen LogP contribution in [0.4, 0.5) is 0 Å². The summed E-state index contributed by atoms with van der Waals surface area (Å²) in [5.74, 6) is 0.950. The van der Waals surface area contributed by atoms with Crippen LogP contribution in [0.3, 0.4) is 0 Å². The number of aromatic hydroxyl groups is 1. The third kappa shape index (κ3) is 6.65. The Morgan fingerprint density at radius 1 is 0.500 bits per heavy atom. The lowest BCUT2D eigenvalue weighted by Crippen LogP contribution is -2.17. The van der Waals surface area contributed by atoms with E-state index in [4.69, 9.17) is 9.97 Å². The lowest BCUT2D eigenvalue weighted by atomic mass is 9.79. The van der Waals surface area contributed by atoms with Crippen LogP contribution in [-0.2, 0) is 10.8 Å². The summed E-state index contributed by atoms with van der Waals surface area (Å²) in [7, 11) is 0. The standard InChI is InChI=1S/C54H47N3O/c1-53(2,3)40-33-45(51(58)46(34-40)54(4,5)6)52-56-50-43(25-17-27-49(50)57(52)48-26-16-15-24-42(48)36-20-11-8-12-21-36)39-30-38-22-13-14-23-41(38)44(31-39)47-32-37(28-29-55-47)35-18-9-7-10-19-35/h7-34,58H,1-6H3. The van der Waals surface area contributed by atoms with Gasteiger partial charge in [-0.15, -0.1) is 0 Å². The number of aromatic nitrogens is 3. The third-order valence-electron chi connectivity index (χ3n) is 11.3. The molecule has 0 aliphatic carbocycles. The van der Waals surface area contributed by atoms with Crippen LogP contribution >= 0.6 is 0 Å².